The summed E-state index contributed by atoms with van der Waals surface area (Å²) in [5, 5.41) is 3.21. The number of hydrogen-bond acceptors (Lipinski definition) is 5. The number of amides is 1. The third-order valence-electron chi connectivity index (χ3n) is 2.63. The van der Waals surface area contributed by atoms with E-state index in [-0.39, 0.29) is 5.91 Å². The van der Waals surface area contributed by atoms with E-state index in [9.17, 15) is 4.79 Å². The largest absolute Gasteiger partial charge is 0.377 e. The Morgan fingerprint density at radius 2 is 2.06 bits per heavy atom. The minimum absolute atomic E-state index is 0.00420. The molecular weight excluding hydrogens is 220 g/mol. The first kappa shape index (κ1) is 11.9. The first-order valence-electron chi connectivity index (χ1n) is 5.61. The van der Waals surface area contributed by atoms with Gasteiger partial charge in [-0.15, -0.1) is 0 Å². The van der Waals surface area contributed by atoms with E-state index in [2.05, 4.69) is 15.3 Å². The highest BCUT2D eigenvalue weighted by molar-refractivity contribution is 5.93. The summed E-state index contributed by atoms with van der Waals surface area (Å²) >= 11 is 0. The van der Waals surface area contributed by atoms with Gasteiger partial charge in [-0.25, -0.2) is 9.97 Å². The Bertz CT molecular complexity index is 374. The molecule has 6 heteroatoms. The third-order valence-corrected chi connectivity index (χ3v) is 2.63. The van der Waals surface area contributed by atoms with Crippen LogP contribution in [-0.4, -0.2) is 54.1 Å². The van der Waals surface area contributed by atoms with Crippen molar-refractivity contribution in [3.05, 3.63) is 23.8 Å². The van der Waals surface area contributed by atoms with E-state index in [1.807, 2.05) is 4.90 Å². The van der Waals surface area contributed by atoms with Crippen LogP contribution < -0.4 is 5.32 Å². The van der Waals surface area contributed by atoms with Gasteiger partial charge in [-0.05, 0) is 0 Å². The average molecular weight is 236 g/mol. The Kier molecular flexibility index (Phi) is 4.00. The molecule has 1 aliphatic rings. The van der Waals surface area contributed by atoms with Crippen LogP contribution in [0.3, 0.4) is 0 Å². The topological polar surface area (TPSA) is 67.3 Å². The Morgan fingerprint density at radius 1 is 1.41 bits per heavy atom. The molecule has 0 saturated carbocycles. The molecule has 0 unspecified atom stereocenters. The summed E-state index contributed by atoms with van der Waals surface area (Å²) in [6.45, 7) is 3.52. The second-order valence-electron chi connectivity index (χ2n) is 3.86. The second kappa shape index (κ2) is 5.70. The third kappa shape index (κ3) is 2.98. The molecule has 0 spiro atoms. The van der Waals surface area contributed by atoms with Crippen LogP contribution >= 0.6 is 0 Å². The Hall–Kier alpha value is -1.53. The van der Waals surface area contributed by atoms with Gasteiger partial charge in [-0.3, -0.25) is 4.79 Å². The Balaban J connectivity index is 2.03. The summed E-state index contributed by atoms with van der Waals surface area (Å²) in [6, 6.07) is 0. The van der Waals surface area contributed by atoms with Crippen molar-refractivity contribution >= 4 is 5.91 Å². The van der Waals surface area contributed by atoms with Crippen LogP contribution in [0, 0.1) is 0 Å². The van der Waals surface area contributed by atoms with Gasteiger partial charge >= 0.3 is 0 Å². The highest BCUT2D eigenvalue weighted by atomic mass is 16.5. The van der Waals surface area contributed by atoms with Crippen molar-refractivity contribution in [2.75, 3.05) is 33.3 Å². The zero-order chi connectivity index (χ0) is 12.1. The fraction of sp³-hybridized carbons (Fsp3) is 0.545. The van der Waals surface area contributed by atoms with Gasteiger partial charge < -0.3 is 15.0 Å². The van der Waals surface area contributed by atoms with Gasteiger partial charge in [-0.2, -0.15) is 0 Å². The summed E-state index contributed by atoms with van der Waals surface area (Å²) in [5.74, 6) is 0.583. The number of nitrogens with zero attached hydrogens (tertiary/aromatic N) is 3. The van der Waals surface area contributed by atoms with E-state index < -0.39 is 0 Å². The highest BCUT2D eigenvalue weighted by Crippen LogP contribution is 2.04. The molecular formula is C11H16N4O2. The molecule has 1 amide bonds. The van der Waals surface area contributed by atoms with E-state index in [1.54, 1.807) is 19.5 Å². The molecule has 1 fully saturated rings. The van der Waals surface area contributed by atoms with E-state index in [0.29, 0.717) is 18.0 Å². The molecule has 1 saturated heterocycles. The van der Waals surface area contributed by atoms with E-state index in [0.717, 1.165) is 26.2 Å². The van der Waals surface area contributed by atoms with Crippen molar-refractivity contribution in [1.29, 1.82) is 0 Å². The van der Waals surface area contributed by atoms with Gasteiger partial charge in [0.2, 0.25) is 0 Å². The van der Waals surface area contributed by atoms with Crippen molar-refractivity contribution < 1.29 is 9.53 Å². The van der Waals surface area contributed by atoms with Crippen molar-refractivity contribution in [1.82, 2.24) is 20.2 Å². The summed E-state index contributed by atoms with van der Waals surface area (Å²) < 4.78 is 4.92. The van der Waals surface area contributed by atoms with Gasteiger partial charge in [0, 0.05) is 45.7 Å². The maximum atomic E-state index is 12.1. The van der Waals surface area contributed by atoms with Crippen molar-refractivity contribution in [3.8, 4) is 0 Å². The molecule has 2 heterocycles. The summed E-state index contributed by atoms with van der Waals surface area (Å²) in [4.78, 5) is 22.0. The average Bonchev–Trinajstić information content (AvgIpc) is 2.40. The SMILES string of the molecule is COCc1ncc(C(=O)N2CCNCC2)cn1. The Morgan fingerprint density at radius 3 is 2.65 bits per heavy atom. The highest BCUT2D eigenvalue weighted by Gasteiger charge is 2.18. The fourth-order valence-corrected chi connectivity index (χ4v) is 1.72. The number of nitrogens with one attached hydrogen (secondary N) is 1. The zero-order valence-electron chi connectivity index (χ0n) is 9.85. The van der Waals surface area contributed by atoms with Gasteiger partial charge in [0.25, 0.3) is 5.91 Å². The maximum Gasteiger partial charge on any atom is 0.257 e. The first-order chi connectivity index (χ1) is 8.31. The first-order valence-corrected chi connectivity index (χ1v) is 5.61. The van der Waals surface area contributed by atoms with Crippen molar-refractivity contribution in [3.63, 3.8) is 0 Å². The fourth-order valence-electron chi connectivity index (χ4n) is 1.72. The molecule has 0 aliphatic carbocycles. The Labute approximate surface area is 100 Å². The van der Waals surface area contributed by atoms with Crippen LogP contribution in [-0.2, 0) is 11.3 Å². The van der Waals surface area contributed by atoms with E-state index in [4.69, 9.17) is 4.74 Å². The molecule has 0 radical (unpaired) electrons. The van der Waals surface area contributed by atoms with E-state index >= 15 is 0 Å². The lowest BCUT2D eigenvalue weighted by molar-refractivity contribution is 0.0734. The number of carbonyl (C=O) groups is 1. The normalized spacial score (nSPS) is 15.9. The molecule has 2 rings (SSSR count). The number of methoxy groups -OCH3 is 1. The minimum atomic E-state index is -0.00420. The number of aromatic nitrogens is 2. The predicted octanol–water partition coefficient (Wildman–Crippen LogP) is -0.332. The summed E-state index contributed by atoms with van der Waals surface area (Å²) in [7, 11) is 1.59. The number of rotatable bonds is 3. The van der Waals surface area contributed by atoms with Gasteiger partial charge in [-0.1, -0.05) is 0 Å². The summed E-state index contributed by atoms with van der Waals surface area (Å²) in [6.07, 6.45) is 3.12. The monoisotopic (exact) mass is 236 g/mol. The maximum absolute atomic E-state index is 12.1. The molecule has 0 aromatic carbocycles. The molecule has 1 aliphatic heterocycles. The zero-order valence-corrected chi connectivity index (χ0v) is 9.85. The van der Waals surface area contributed by atoms with Crippen LogP contribution in [0.4, 0.5) is 0 Å². The summed E-state index contributed by atoms with van der Waals surface area (Å²) in [5.41, 5.74) is 0.534. The van der Waals surface area contributed by atoms with Crippen LogP contribution in [0.5, 0.6) is 0 Å². The second-order valence-corrected chi connectivity index (χ2v) is 3.86. The molecule has 17 heavy (non-hydrogen) atoms. The molecule has 0 atom stereocenters. The van der Waals surface area contributed by atoms with Gasteiger partial charge in [0.05, 0.1) is 5.56 Å². The van der Waals surface area contributed by atoms with Crippen molar-refractivity contribution in [2.45, 2.75) is 6.61 Å². The predicted molar refractivity (Wildman–Crippen MR) is 61.5 cm³/mol. The lowest BCUT2D eigenvalue weighted by Gasteiger charge is -2.27. The van der Waals surface area contributed by atoms with Crippen LogP contribution in [0.2, 0.25) is 0 Å². The standard InChI is InChI=1S/C11H16N4O2/c1-17-8-10-13-6-9(7-14-10)11(16)15-4-2-12-3-5-15/h6-7,12H,2-5,8H2,1H3. The molecule has 1 N–H and O–H groups in total. The van der Waals surface area contributed by atoms with Crippen LogP contribution in [0.15, 0.2) is 12.4 Å². The van der Waals surface area contributed by atoms with Gasteiger partial charge in [0.15, 0.2) is 5.82 Å². The van der Waals surface area contributed by atoms with Crippen molar-refractivity contribution in [2.24, 2.45) is 0 Å². The lowest BCUT2D eigenvalue weighted by atomic mass is 10.2. The molecule has 0 bridgehead atoms. The van der Waals surface area contributed by atoms with Gasteiger partial charge in [0.1, 0.15) is 6.61 Å². The van der Waals surface area contributed by atoms with E-state index in [1.165, 1.54) is 0 Å². The number of carbonyl (C=O) groups excluding carboxylic acids is 1. The molecule has 1 aromatic heterocycles. The number of piperazine rings is 1. The quantitative estimate of drug-likeness (QED) is 0.778. The smallest absolute Gasteiger partial charge is 0.257 e. The molecule has 92 valence electrons. The number of hydrogen-bond donors (Lipinski definition) is 1. The van der Waals surface area contributed by atoms with Crippen LogP contribution in [0.25, 0.3) is 0 Å². The van der Waals surface area contributed by atoms with Crippen LogP contribution in [0.1, 0.15) is 16.2 Å². The number of ether oxygens (including phenoxy) is 1. The molecule has 6 nitrogen and oxygen atoms in total. The lowest BCUT2D eigenvalue weighted by Crippen LogP contribution is -2.46. The molecule has 1 aromatic rings. The minimum Gasteiger partial charge on any atom is -0.377 e.